The third-order valence-electron chi connectivity index (χ3n) is 4.14. The summed E-state index contributed by atoms with van der Waals surface area (Å²) in [4.78, 5) is 0. The van der Waals surface area contributed by atoms with Gasteiger partial charge in [0.25, 0.3) is 0 Å². The van der Waals surface area contributed by atoms with E-state index in [2.05, 4.69) is 20.8 Å². The van der Waals surface area contributed by atoms with Crippen LogP contribution in [-0.4, -0.2) is 13.2 Å². The molecule has 0 spiro atoms. The topological polar surface area (TPSA) is 9.23 Å². The molecular formula is C19H39O. The number of unbranched alkanes of at least 4 members (excludes halogenated alkanes) is 10. The van der Waals surface area contributed by atoms with Crippen LogP contribution >= 0.6 is 0 Å². The molecule has 0 fully saturated rings. The highest BCUT2D eigenvalue weighted by atomic mass is 16.5. The van der Waals surface area contributed by atoms with Gasteiger partial charge in [0.05, 0.1) is 6.10 Å². The predicted octanol–water partition coefficient (Wildman–Crippen LogP) is 6.56. The summed E-state index contributed by atoms with van der Waals surface area (Å²) < 4.78 is 5.15. The molecule has 0 aromatic rings. The van der Waals surface area contributed by atoms with E-state index in [1.165, 1.54) is 77.0 Å². The Morgan fingerprint density at radius 2 is 1.00 bits per heavy atom. The summed E-state index contributed by atoms with van der Waals surface area (Å²) >= 11 is 0. The summed E-state index contributed by atoms with van der Waals surface area (Å²) in [6.07, 6.45) is 18.3. The molecule has 20 heavy (non-hydrogen) atoms. The maximum atomic E-state index is 5.15. The Morgan fingerprint density at radius 1 is 0.650 bits per heavy atom. The molecule has 0 aliphatic rings. The summed E-state index contributed by atoms with van der Waals surface area (Å²) in [6, 6.07) is 0. The van der Waals surface area contributed by atoms with Crippen molar-refractivity contribution in [3.63, 3.8) is 0 Å². The first kappa shape index (κ1) is 20.0. The minimum atomic E-state index is 0.200. The molecule has 0 amide bonds. The van der Waals surface area contributed by atoms with Crippen molar-refractivity contribution in [2.45, 2.75) is 103 Å². The van der Waals surface area contributed by atoms with Crippen LogP contribution in [-0.2, 0) is 4.74 Å². The van der Waals surface area contributed by atoms with Gasteiger partial charge in [-0.25, -0.2) is 0 Å². The Balaban J connectivity index is 2.99. The zero-order valence-corrected chi connectivity index (χ0v) is 14.5. The molecule has 1 heteroatoms. The molecule has 121 valence electrons. The summed E-state index contributed by atoms with van der Waals surface area (Å²) in [5.41, 5.74) is 0. The van der Waals surface area contributed by atoms with E-state index in [0.29, 0.717) is 0 Å². The number of hydrogen-bond donors (Lipinski definition) is 0. The Kier molecular flexibility index (Phi) is 15.3. The second kappa shape index (κ2) is 15.4. The zero-order chi connectivity index (χ0) is 15.1. The monoisotopic (exact) mass is 283 g/mol. The van der Waals surface area contributed by atoms with Crippen molar-refractivity contribution in [3.05, 3.63) is 6.92 Å². The third kappa shape index (κ3) is 16.0. The highest BCUT2D eigenvalue weighted by Gasteiger charge is 1.99. The van der Waals surface area contributed by atoms with Gasteiger partial charge in [-0.05, 0) is 19.3 Å². The number of rotatable bonds is 15. The molecule has 0 heterocycles. The van der Waals surface area contributed by atoms with Crippen LogP contribution in [0.4, 0.5) is 0 Å². The van der Waals surface area contributed by atoms with E-state index in [1.54, 1.807) is 7.11 Å². The Bertz CT molecular complexity index is 177. The van der Waals surface area contributed by atoms with Crippen molar-refractivity contribution in [3.8, 4) is 0 Å². The lowest BCUT2D eigenvalue weighted by Crippen LogP contribution is -2.04. The van der Waals surface area contributed by atoms with E-state index in [9.17, 15) is 0 Å². The van der Waals surface area contributed by atoms with Gasteiger partial charge in [0, 0.05) is 7.11 Å². The molecule has 0 aliphatic heterocycles. The van der Waals surface area contributed by atoms with Gasteiger partial charge in [-0.3, -0.25) is 0 Å². The van der Waals surface area contributed by atoms with Crippen LogP contribution < -0.4 is 0 Å². The van der Waals surface area contributed by atoms with E-state index in [0.717, 1.165) is 12.3 Å². The Labute approximate surface area is 128 Å². The quantitative estimate of drug-likeness (QED) is 0.309. The standard InChI is InChI=1S/C19H39O/c1-18(2)16-14-12-10-8-6-5-7-9-11-13-15-17-19(3)20-4/h18-19H,3,5-17H2,1-2,4H3. The molecule has 1 atom stereocenters. The number of hydrogen-bond acceptors (Lipinski definition) is 1. The first-order chi connectivity index (χ1) is 9.66. The van der Waals surface area contributed by atoms with Gasteiger partial charge in [-0.2, -0.15) is 0 Å². The maximum Gasteiger partial charge on any atom is 0.0572 e. The number of ether oxygens (including phenoxy) is 1. The highest BCUT2D eigenvalue weighted by Crippen LogP contribution is 2.14. The smallest absolute Gasteiger partial charge is 0.0572 e. The highest BCUT2D eigenvalue weighted by molar-refractivity contribution is 4.59. The fourth-order valence-corrected chi connectivity index (χ4v) is 2.63. The van der Waals surface area contributed by atoms with E-state index < -0.39 is 0 Å². The predicted molar refractivity (Wildman–Crippen MR) is 91.0 cm³/mol. The van der Waals surface area contributed by atoms with Gasteiger partial charge in [0.1, 0.15) is 0 Å². The SMILES string of the molecule is [CH2]C(CCCCCCCCCCCCCC(C)C)OC. The van der Waals surface area contributed by atoms with Gasteiger partial charge in [-0.1, -0.05) is 90.9 Å². The maximum absolute atomic E-state index is 5.15. The third-order valence-corrected chi connectivity index (χ3v) is 4.14. The first-order valence-electron chi connectivity index (χ1n) is 9.02. The lowest BCUT2D eigenvalue weighted by atomic mass is 10.0. The van der Waals surface area contributed by atoms with Crippen LogP contribution in [0.5, 0.6) is 0 Å². The van der Waals surface area contributed by atoms with Crippen molar-refractivity contribution in [1.29, 1.82) is 0 Å². The molecular weight excluding hydrogens is 244 g/mol. The minimum Gasteiger partial charge on any atom is -0.381 e. The molecule has 1 radical (unpaired) electrons. The number of methoxy groups -OCH3 is 1. The molecule has 0 saturated carbocycles. The molecule has 0 N–H and O–H groups in total. The van der Waals surface area contributed by atoms with E-state index in [-0.39, 0.29) is 6.10 Å². The Hall–Kier alpha value is -0.0400. The van der Waals surface area contributed by atoms with Crippen LogP contribution in [0.2, 0.25) is 0 Å². The second-order valence-corrected chi connectivity index (χ2v) is 6.72. The second-order valence-electron chi connectivity index (χ2n) is 6.72. The fraction of sp³-hybridized carbons (Fsp3) is 0.947. The van der Waals surface area contributed by atoms with Crippen LogP contribution in [0.25, 0.3) is 0 Å². The van der Waals surface area contributed by atoms with Gasteiger partial charge in [-0.15, -0.1) is 0 Å². The van der Waals surface area contributed by atoms with Crippen molar-refractivity contribution in [1.82, 2.24) is 0 Å². The van der Waals surface area contributed by atoms with Crippen LogP contribution in [0.15, 0.2) is 0 Å². The molecule has 0 saturated heterocycles. The Morgan fingerprint density at radius 3 is 1.35 bits per heavy atom. The molecule has 0 aromatic heterocycles. The summed E-state index contributed by atoms with van der Waals surface area (Å²) in [5.74, 6) is 0.887. The van der Waals surface area contributed by atoms with Gasteiger partial charge in [0.15, 0.2) is 0 Å². The summed E-state index contributed by atoms with van der Waals surface area (Å²) in [5, 5.41) is 0. The summed E-state index contributed by atoms with van der Waals surface area (Å²) in [7, 11) is 1.75. The van der Waals surface area contributed by atoms with Gasteiger partial charge < -0.3 is 4.74 Å². The lowest BCUT2D eigenvalue weighted by Gasteiger charge is -2.08. The van der Waals surface area contributed by atoms with Crippen molar-refractivity contribution in [2.75, 3.05) is 7.11 Å². The van der Waals surface area contributed by atoms with Crippen LogP contribution in [0.3, 0.4) is 0 Å². The minimum absolute atomic E-state index is 0.200. The molecule has 1 unspecified atom stereocenters. The van der Waals surface area contributed by atoms with E-state index >= 15 is 0 Å². The summed E-state index contributed by atoms with van der Waals surface area (Å²) in [6.45, 7) is 8.58. The average molecular weight is 284 g/mol. The molecule has 0 aromatic carbocycles. The van der Waals surface area contributed by atoms with Crippen LogP contribution in [0, 0.1) is 12.8 Å². The molecule has 0 bridgehead atoms. The van der Waals surface area contributed by atoms with Crippen LogP contribution in [0.1, 0.15) is 97.3 Å². The van der Waals surface area contributed by atoms with E-state index in [4.69, 9.17) is 4.74 Å². The zero-order valence-electron chi connectivity index (χ0n) is 14.5. The average Bonchev–Trinajstić information content (AvgIpc) is 2.43. The molecule has 0 aliphatic carbocycles. The first-order valence-corrected chi connectivity index (χ1v) is 9.02. The van der Waals surface area contributed by atoms with Crippen molar-refractivity contribution < 1.29 is 4.74 Å². The fourth-order valence-electron chi connectivity index (χ4n) is 2.63. The van der Waals surface area contributed by atoms with Gasteiger partial charge >= 0.3 is 0 Å². The normalized spacial score (nSPS) is 13.1. The van der Waals surface area contributed by atoms with Crippen molar-refractivity contribution >= 4 is 0 Å². The van der Waals surface area contributed by atoms with Crippen molar-refractivity contribution in [2.24, 2.45) is 5.92 Å². The molecule has 0 rings (SSSR count). The lowest BCUT2D eigenvalue weighted by molar-refractivity contribution is 0.128. The van der Waals surface area contributed by atoms with Gasteiger partial charge in [0.2, 0.25) is 0 Å². The molecule has 1 nitrogen and oxygen atoms in total. The van der Waals surface area contributed by atoms with E-state index in [1.807, 2.05) is 0 Å². The largest absolute Gasteiger partial charge is 0.381 e.